The first-order chi connectivity index (χ1) is 5.06. The van der Waals surface area contributed by atoms with E-state index in [9.17, 15) is 5.11 Å². The normalized spacial score (nSPS) is 19.4. The van der Waals surface area contributed by atoms with Gasteiger partial charge < -0.3 is 0 Å². The highest BCUT2D eigenvalue weighted by Crippen LogP contribution is 2.19. The van der Waals surface area contributed by atoms with E-state index in [4.69, 9.17) is 0 Å². The van der Waals surface area contributed by atoms with Crippen molar-refractivity contribution < 1.29 is 5.11 Å². The molecule has 0 heterocycles. The molecule has 3 unspecified atom stereocenters. The van der Waals surface area contributed by atoms with Crippen LogP contribution in [0.15, 0.2) is 0 Å². The highest BCUT2D eigenvalue weighted by molar-refractivity contribution is 9.09. The van der Waals surface area contributed by atoms with Crippen molar-refractivity contribution in [1.82, 2.24) is 0 Å². The van der Waals surface area contributed by atoms with Crippen LogP contribution in [0.1, 0.15) is 33.6 Å². The van der Waals surface area contributed by atoms with Crippen molar-refractivity contribution in [3.8, 4) is 0 Å². The van der Waals surface area contributed by atoms with Crippen molar-refractivity contribution in [2.24, 2.45) is 11.8 Å². The van der Waals surface area contributed by atoms with Gasteiger partial charge in [0.2, 0.25) is 0 Å². The fraction of sp³-hybridized carbons (Fsp3) is 1.00. The topological polar surface area (TPSA) is 19.9 Å². The largest absolute Gasteiger partial charge is 0.236 e. The fourth-order valence-corrected chi connectivity index (χ4v) is 2.04. The molecule has 0 aromatic carbocycles. The summed E-state index contributed by atoms with van der Waals surface area (Å²) in [4.78, 5) is 0.580. The van der Waals surface area contributed by atoms with Crippen LogP contribution in [-0.4, -0.2) is 11.4 Å². The summed E-state index contributed by atoms with van der Waals surface area (Å²) in [6.45, 7) is 6.46. The summed E-state index contributed by atoms with van der Waals surface area (Å²) in [5, 5.41) is 10.4. The van der Waals surface area contributed by atoms with Crippen LogP contribution in [0.5, 0.6) is 0 Å². The molecule has 0 aliphatic carbocycles. The Kier molecular flexibility index (Phi) is 6.25. The number of halogens is 1. The molecule has 0 bridgehead atoms. The van der Waals surface area contributed by atoms with E-state index in [0.29, 0.717) is 16.7 Å². The standard InChI is InChI=1S/C9H18BrO/c1-7(5-9(3)10)4-8(2)6-11/h7-9H,4-6H2,1-3H3. The van der Waals surface area contributed by atoms with E-state index < -0.39 is 0 Å². The van der Waals surface area contributed by atoms with Crippen LogP contribution in [0.4, 0.5) is 0 Å². The maximum Gasteiger partial charge on any atom is 0.0847 e. The summed E-state index contributed by atoms with van der Waals surface area (Å²) in [6, 6.07) is 0. The third-order valence-electron chi connectivity index (χ3n) is 1.82. The highest BCUT2D eigenvalue weighted by Gasteiger charge is 2.10. The third kappa shape index (κ3) is 6.82. The summed E-state index contributed by atoms with van der Waals surface area (Å²) in [6.07, 6.45) is 2.24. The summed E-state index contributed by atoms with van der Waals surface area (Å²) in [5.74, 6) is 1.02. The van der Waals surface area contributed by atoms with Gasteiger partial charge in [-0.25, -0.2) is 5.11 Å². The molecule has 2 heteroatoms. The van der Waals surface area contributed by atoms with Gasteiger partial charge >= 0.3 is 0 Å². The molecule has 0 aromatic rings. The van der Waals surface area contributed by atoms with E-state index in [-0.39, 0.29) is 6.61 Å². The minimum Gasteiger partial charge on any atom is -0.236 e. The minimum atomic E-state index is 0.0704. The van der Waals surface area contributed by atoms with Crippen LogP contribution in [0.3, 0.4) is 0 Å². The summed E-state index contributed by atoms with van der Waals surface area (Å²) in [5.41, 5.74) is 0. The van der Waals surface area contributed by atoms with Crippen molar-refractivity contribution in [1.29, 1.82) is 0 Å². The first kappa shape index (κ1) is 11.4. The zero-order valence-electron chi connectivity index (χ0n) is 7.64. The van der Waals surface area contributed by atoms with Crippen LogP contribution in [0, 0.1) is 11.8 Å². The van der Waals surface area contributed by atoms with E-state index in [2.05, 4.69) is 29.8 Å². The second-order valence-corrected chi connectivity index (χ2v) is 5.19. The lowest BCUT2D eigenvalue weighted by atomic mass is 9.94. The Hall–Kier alpha value is 0.440. The first-order valence-electron chi connectivity index (χ1n) is 4.28. The number of alkyl halides is 1. The Morgan fingerprint density at radius 2 is 1.64 bits per heavy atom. The third-order valence-corrected chi connectivity index (χ3v) is 2.19. The van der Waals surface area contributed by atoms with Gasteiger partial charge in [-0.15, -0.1) is 0 Å². The molecular weight excluding hydrogens is 204 g/mol. The molecule has 0 saturated heterocycles. The van der Waals surface area contributed by atoms with Crippen molar-refractivity contribution in [2.75, 3.05) is 6.61 Å². The van der Waals surface area contributed by atoms with Crippen LogP contribution < -0.4 is 0 Å². The predicted molar refractivity (Wildman–Crippen MR) is 51.5 cm³/mol. The van der Waals surface area contributed by atoms with Gasteiger partial charge in [0.25, 0.3) is 0 Å². The van der Waals surface area contributed by atoms with Gasteiger partial charge in [0.1, 0.15) is 0 Å². The highest BCUT2D eigenvalue weighted by atomic mass is 79.9. The smallest absolute Gasteiger partial charge is 0.0847 e. The van der Waals surface area contributed by atoms with Gasteiger partial charge in [-0.2, -0.15) is 0 Å². The SMILES string of the molecule is CC(Br)CC(C)CC(C)C[O]. The first-order valence-corrected chi connectivity index (χ1v) is 5.20. The van der Waals surface area contributed by atoms with E-state index in [1.165, 1.54) is 6.42 Å². The van der Waals surface area contributed by atoms with Crippen molar-refractivity contribution in [2.45, 2.75) is 38.4 Å². The second-order valence-electron chi connectivity index (χ2n) is 3.63. The van der Waals surface area contributed by atoms with Gasteiger partial charge in [-0.1, -0.05) is 36.7 Å². The lowest BCUT2D eigenvalue weighted by Gasteiger charge is -2.15. The van der Waals surface area contributed by atoms with Crippen LogP contribution in [-0.2, 0) is 5.11 Å². The Morgan fingerprint density at radius 3 is 2.00 bits per heavy atom. The molecule has 0 aliphatic heterocycles. The Bertz CT molecular complexity index is 93.6. The van der Waals surface area contributed by atoms with E-state index in [0.717, 1.165) is 6.42 Å². The molecule has 1 nitrogen and oxygen atoms in total. The molecular formula is C9H18BrO. The van der Waals surface area contributed by atoms with Crippen molar-refractivity contribution >= 4 is 15.9 Å². The molecule has 11 heavy (non-hydrogen) atoms. The molecule has 0 fully saturated rings. The fourth-order valence-electron chi connectivity index (χ4n) is 1.41. The van der Waals surface area contributed by atoms with Crippen molar-refractivity contribution in [3.63, 3.8) is 0 Å². The average molecular weight is 222 g/mol. The molecule has 1 radical (unpaired) electrons. The van der Waals surface area contributed by atoms with Crippen LogP contribution in [0.25, 0.3) is 0 Å². The number of hydrogen-bond donors (Lipinski definition) is 0. The Morgan fingerprint density at radius 1 is 1.09 bits per heavy atom. The predicted octanol–water partition coefficient (Wildman–Crippen LogP) is 3.25. The van der Waals surface area contributed by atoms with E-state index >= 15 is 0 Å². The average Bonchev–Trinajstić information content (AvgIpc) is 1.85. The van der Waals surface area contributed by atoms with E-state index in [1.807, 2.05) is 6.92 Å². The molecule has 67 valence electrons. The molecule has 0 amide bonds. The molecule has 0 rings (SSSR count). The lowest BCUT2D eigenvalue weighted by molar-refractivity contribution is 0.137. The molecule has 0 N–H and O–H groups in total. The van der Waals surface area contributed by atoms with Crippen LogP contribution >= 0.6 is 15.9 Å². The Labute approximate surface area is 78.3 Å². The molecule has 0 spiro atoms. The molecule has 0 aromatic heterocycles. The molecule has 3 atom stereocenters. The van der Waals surface area contributed by atoms with Crippen molar-refractivity contribution in [3.05, 3.63) is 0 Å². The molecule has 0 aliphatic rings. The van der Waals surface area contributed by atoms with Crippen LogP contribution in [0.2, 0.25) is 0 Å². The van der Waals surface area contributed by atoms with Gasteiger partial charge in [-0.05, 0) is 24.7 Å². The zero-order valence-corrected chi connectivity index (χ0v) is 9.23. The lowest BCUT2D eigenvalue weighted by Crippen LogP contribution is -2.09. The van der Waals surface area contributed by atoms with Gasteiger partial charge in [0, 0.05) is 4.83 Å². The number of rotatable bonds is 5. The quantitative estimate of drug-likeness (QED) is 0.636. The summed E-state index contributed by atoms with van der Waals surface area (Å²) < 4.78 is 0. The van der Waals surface area contributed by atoms with Gasteiger partial charge in [0.05, 0.1) is 6.61 Å². The zero-order chi connectivity index (χ0) is 8.85. The maximum atomic E-state index is 10.4. The maximum absolute atomic E-state index is 10.4. The number of hydrogen-bond acceptors (Lipinski definition) is 0. The summed E-state index contributed by atoms with van der Waals surface area (Å²) >= 11 is 3.51. The van der Waals surface area contributed by atoms with E-state index in [1.54, 1.807) is 0 Å². The van der Waals surface area contributed by atoms with Gasteiger partial charge in [0.15, 0.2) is 0 Å². The monoisotopic (exact) mass is 221 g/mol. The summed E-state index contributed by atoms with van der Waals surface area (Å²) in [7, 11) is 0. The minimum absolute atomic E-state index is 0.0704. The Balaban J connectivity index is 3.43. The van der Waals surface area contributed by atoms with Gasteiger partial charge in [-0.3, -0.25) is 0 Å². The molecule has 0 saturated carbocycles. The second kappa shape index (κ2) is 6.01.